The Morgan fingerprint density at radius 3 is 2.76 bits per heavy atom. The highest BCUT2D eigenvalue weighted by atomic mass is 16.7. The lowest BCUT2D eigenvalue weighted by molar-refractivity contribution is -0.109. The van der Waals surface area contributed by atoms with Crippen LogP contribution in [0.3, 0.4) is 0 Å². The maximum atomic E-state index is 11.6. The molecule has 21 heavy (non-hydrogen) atoms. The average Bonchev–Trinajstić information content (AvgIpc) is 2.54. The van der Waals surface area contributed by atoms with Crippen LogP contribution in [0.15, 0.2) is 24.4 Å². The van der Waals surface area contributed by atoms with Crippen LogP contribution >= 0.6 is 0 Å². The van der Waals surface area contributed by atoms with Gasteiger partial charge in [0.25, 0.3) is 5.91 Å². The van der Waals surface area contributed by atoms with E-state index >= 15 is 0 Å². The molecule has 3 saturated heterocycles. The van der Waals surface area contributed by atoms with Gasteiger partial charge in [0, 0.05) is 18.3 Å². The number of carbonyl (C=O) groups excluding carboxylic acids is 1. The molecule has 0 aliphatic carbocycles. The number of hydroxylamine groups is 2. The van der Waals surface area contributed by atoms with E-state index in [0.717, 1.165) is 12.1 Å². The fraction of sp³-hybridized carbons (Fsp3) is 0.438. The van der Waals surface area contributed by atoms with Crippen molar-refractivity contribution >= 4 is 12.0 Å². The predicted molar refractivity (Wildman–Crippen MR) is 79.4 cm³/mol. The van der Waals surface area contributed by atoms with Crippen LogP contribution in [0.5, 0.6) is 5.75 Å². The third-order valence-corrected chi connectivity index (χ3v) is 4.86. The molecule has 0 radical (unpaired) electrons. The van der Waals surface area contributed by atoms with Gasteiger partial charge in [-0.1, -0.05) is 12.1 Å². The standard InChI is InChI=1S/C16H19N3O2/c17-16(20)13-3-1-2-12-6-9-19(21-15(12)13)14-10-18-7-4-11(14)5-8-18/h1-3,6,9,11,14H,4-5,7-8,10H2,(H2,17,20). The van der Waals surface area contributed by atoms with Crippen molar-refractivity contribution in [3.63, 3.8) is 0 Å². The third-order valence-electron chi connectivity index (χ3n) is 4.86. The van der Waals surface area contributed by atoms with Crippen LogP contribution in [0.4, 0.5) is 0 Å². The highest BCUT2D eigenvalue weighted by Crippen LogP contribution is 2.35. The number of rotatable bonds is 2. The lowest BCUT2D eigenvalue weighted by atomic mass is 9.84. The number of piperidine rings is 3. The number of hydrogen-bond acceptors (Lipinski definition) is 4. The summed E-state index contributed by atoms with van der Waals surface area (Å²) in [6, 6.07) is 5.84. The molecule has 5 nitrogen and oxygen atoms in total. The summed E-state index contributed by atoms with van der Waals surface area (Å²) in [7, 11) is 0. The van der Waals surface area contributed by atoms with Crippen molar-refractivity contribution in [2.45, 2.75) is 18.9 Å². The molecule has 1 amide bonds. The minimum Gasteiger partial charge on any atom is -0.378 e. The van der Waals surface area contributed by atoms with E-state index in [4.69, 9.17) is 10.6 Å². The lowest BCUT2D eigenvalue weighted by Gasteiger charge is -2.48. The predicted octanol–water partition coefficient (Wildman–Crippen LogP) is 1.46. The van der Waals surface area contributed by atoms with Crippen molar-refractivity contribution < 1.29 is 9.63 Å². The minimum atomic E-state index is -0.448. The molecule has 0 spiro atoms. The fourth-order valence-corrected chi connectivity index (χ4v) is 3.67. The first-order valence-corrected chi connectivity index (χ1v) is 7.52. The SMILES string of the molecule is NC(=O)c1cccc2c1ON(C1CN3CCC1CC3)C=C2. The number of primary amides is 1. The first kappa shape index (κ1) is 12.7. The van der Waals surface area contributed by atoms with E-state index in [9.17, 15) is 4.79 Å². The second-order valence-corrected chi connectivity index (χ2v) is 6.06. The molecule has 1 atom stereocenters. The van der Waals surface area contributed by atoms with Crippen molar-refractivity contribution in [1.82, 2.24) is 9.96 Å². The van der Waals surface area contributed by atoms with Gasteiger partial charge in [0.1, 0.15) is 0 Å². The van der Waals surface area contributed by atoms with E-state index in [-0.39, 0.29) is 0 Å². The Balaban J connectivity index is 1.63. The van der Waals surface area contributed by atoms with Crippen LogP contribution in [-0.4, -0.2) is 41.5 Å². The number of nitrogens with zero attached hydrogens (tertiary/aromatic N) is 2. The highest BCUT2D eigenvalue weighted by Gasteiger charge is 2.38. The molecule has 4 heterocycles. The first-order chi connectivity index (χ1) is 10.2. The molecular weight excluding hydrogens is 266 g/mol. The number of para-hydroxylation sites is 1. The zero-order chi connectivity index (χ0) is 14.4. The summed E-state index contributed by atoms with van der Waals surface area (Å²) in [5, 5.41) is 1.92. The maximum absolute atomic E-state index is 11.6. The Bertz CT molecular complexity index is 606. The number of fused-ring (bicyclic) bond motifs is 4. The molecule has 0 aromatic heterocycles. The molecule has 110 valence electrons. The van der Waals surface area contributed by atoms with Crippen molar-refractivity contribution in [3.8, 4) is 5.75 Å². The van der Waals surface area contributed by atoms with Gasteiger partial charge in [-0.15, -0.1) is 0 Å². The minimum absolute atomic E-state index is 0.359. The first-order valence-electron chi connectivity index (χ1n) is 7.52. The quantitative estimate of drug-likeness (QED) is 0.893. The monoisotopic (exact) mass is 285 g/mol. The summed E-state index contributed by atoms with van der Waals surface area (Å²) in [4.78, 5) is 20.1. The Hall–Kier alpha value is -2.01. The van der Waals surface area contributed by atoms with Gasteiger partial charge in [-0.25, -0.2) is 5.06 Å². The number of amides is 1. The Labute approximate surface area is 123 Å². The van der Waals surface area contributed by atoms with Crippen LogP contribution in [0, 0.1) is 5.92 Å². The molecule has 0 saturated carbocycles. The summed E-state index contributed by atoms with van der Waals surface area (Å²) in [5.41, 5.74) is 6.81. The van der Waals surface area contributed by atoms with Crippen LogP contribution in [-0.2, 0) is 0 Å². The highest BCUT2D eigenvalue weighted by molar-refractivity contribution is 5.97. The van der Waals surface area contributed by atoms with Gasteiger partial charge in [-0.2, -0.15) is 0 Å². The third kappa shape index (κ3) is 2.08. The van der Waals surface area contributed by atoms with Gasteiger partial charge in [0.05, 0.1) is 11.6 Å². The van der Waals surface area contributed by atoms with E-state index in [0.29, 0.717) is 23.3 Å². The van der Waals surface area contributed by atoms with Gasteiger partial charge >= 0.3 is 0 Å². The van der Waals surface area contributed by atoms with Crippen LogP contribution in [0.2, 0.25) is 0 Å². The molecule has 5 heteroatoms. The van der Waals surface area contributed by atoms with Crippen molar-refractivity contribution in [1.29, 1.82) is 0 Å². The summed E-state index contributed by atoms with van der Waals surface area (Å²) in [5.74, 6) is 0.807. The van der Waals surface area contributed by atoms with Crippen LogP contribution in [0.25, 0.3) is 6.08 Å². The Morgan fingerprint density at radius 2 is 2.10 bits per heavy atom. The van der Waals surface area contributed by atoms with Gasteiger partial charge in [-0.05, 0) is 44.0 Å². The smallest absolute Gasteiger partial charge is 0.252 e. The summed E-state index contributed by atoms with van der Waals surface area (Å²) in [6.07, 6.45) is 6.44. The number of benzene rings is 1. The molecular formula is C16H19N3O2. The van der Waals surface area contributed by atoms with Gasteiger partial charge < -0.3 is 15.5 Å². The zero-order valence-corrected chi connectivity index (χ0v) is 11.9. The van der Waals surface area contributed by atoms with E-state index in [1.807, 2.05) is 29.5 Å². The van der Waals surface area contributed by atoms with Crippen LogP contribution in [0.1, 0.15) is 28.8 Å². The molecule has 4 aliphatic rings. The lowest BCUT2D eigenvalue weighted by Crippen LogP contribution is -2.57. The molecule has 2 bridgehead atoms. The van der Waals surface area contributed by atoms with E-state index < -0.39 is 5.91 Å². The second kappa shape index (κ2) is 4.77. The van der Waals surface area contributed by atoms with E-state index in [1.165, 1.54) is 25.9 Å². The van der Waals surface area contributed by atoms with Crippen molar-refractivity contribution in [2.75, 3.05) is 19.6 Å². The van der Waals surface area contributed by atoms with Crippen molar-refractivity contribution in [2.24, 2.45) is 11.7 Å². The molecule has 4 aliphatic heterocycles. The Morgan fingerprint density at radius 1 is 1.29 bits per heavy atom. The molecule has 1 aromatic carbocycles. The Kier molecular flexibility index (Phi) is 2.89. The molecule has 2 N–H and O–H groups in total. The zero-order valence-electron chi connectivity index (χ0n) is 11.9. The van der Waals surface area contributed by atoms with E-state index in [1.54, 1.807) is 6.07 Å². The van der Waals surface area contributed by atoms with Gasteiger partial charge in [0.15, 0.2) is 5.75 Å². The average molecular weight is 285 g/mol. The number of nitrogens with two attached hydrogens (primary N) is 1. The maximum Gasteiger partial charge on any atom is 0.252 e. The molecule has 1 aromatic rings. The molecule has 3 fully saturated rings. The summed E-state index contributed by atoms with van der Waals surface area (Å²) < 4.78 is 0. The van der Waals surface area contributed by atoms with Crippen molar-refractivity contribution in [3.05, 3.63) is 35.5 Å². The van der Waals surface area contributed by atoms with Crippen LogP contribution < -0.4 is 10.6 Å². The topological polar surface area (TPSA) is 58.8 Å². The molecule has 1 unspecified atom stereocenters. The number of carbonyl (C=O) groups is 1. The number of hydrogen-bond donors (Lipinski definition) is 1. The van der Waals surface area contributed by atoms with E-state index in [2.05, 4.69) is 4.90 Å². The molecule has 5 rings (SSSR count). The second-order valence-electron chi connectivity index (χ2n) is 6.06. The summed E-state index contributed by atoms with van der Waals surface area (Å²) >= 11 is 0. The van der Waals surface area contributed by atoms with Gasteiger partial charge in [0.2, 0.25) is 0 Å². The normalized spacial score (nSPS) is 29.9. The fourth-order valence-electron chi connectivity index (χ4n) is 3.67. The summed E-state index contributed by atoms with van der Waals surface area (Å²) in [6.45, 7) is 3.42. The van der Waals surface area contributed by atoms with Gasteiger partial charge in [-0.3, -0.25) is 4.79 Å². The largest absolute Gasteiger partial charge is 0.378 e.